The van der Waals surface area contributed by atoms with Crippen molar-refractivity contribution >= 4 is 45.7 Å². The second-order valence-corrected chi connectivity index (χ2v) is 6.54. The van der Waals surface area contributed by atoms with Crippen LogP contribution in [0.25, 0.3) is 0 Å². The fourth-order valence-electron chi connectivity index (χ4n) is 2.15. The van der Waals surface area contributed by atoms with E-state index in [-0.39, 0.29) is 28.7 Å². The molecule has 0 aliphatic heterocycles. The number of hydrogen-bond acceptors (Lipinski definition) is 6. The molecule has 138 valence electrons. The largest absolute Gasteiger partial charge is 0.482 e. The highest BCUT2D eigenvalue weighted by Crippen LogP contribution is 2.33. The molecule has 1 aromatic heterocycles. The number of para-hydroxylation sites is 1. The Kier molecular flexibility index (Phi) is 6.59. The molecule has 0 radical (unpaired) electrons. The molecule has 0 unspecified atom stereocenters. The lowest BCUT2D eigenvalue weighted by molar-refractivity contribution is -0.118. The molecule has 3 N–H and O–H groups in total. The highest BCUT2D eigenvalue weighted by Gasteiger charge is 2.25. The first-order valence-electron chi connectivity index (χ1n) is 7.62. The van der Waals surface area contributed by atoms with Crippen LogP contribution in [-0.2, 0) is 9.53 Å². The molecule has 0 spiro atoms. The second-order valence-electron chi connectivity index (χ2n) is 5.11. The van der Waals surface area contributed by atoms with Crippen molar-refractivity contribution in [3.63, 3.8) is 0 Å². The van der Waals surface area contributed by atoms with Gasteiger partial charge in [-0.3, -0.25) is 9.59 Å². The van der Waals surface area contributed by atoms with Gasteiger partial charge in [0.1, 0.15) is 10.8 Å². The molecule has 26 heavy (non-hydrogen) atoms. The zero-order valence-corrected chi connectivity index (χ0v) is 15.7. The van der Waals surface area contributed by atoms with Crippen LogP contribution in [0.5, 0.6) is 5.75 Å². The highest BCUT2D eigenvalue weighted by molar-refractivity contribution is 7.18. The smallest absolute Gasteiger partial charge is 0.341 e. The van der Waals surface area contributed by atoms with Gasteiger partial charge in [0.25, 0.3) is 11.8 Å². The van der Waals surface area contributed by atoms with E-state index in [2.05, 4.69) is 5.32 Å². The maximum absolute atomic E-state index is 12.2. The van der Waals surface area contributed by atoms with Crippen LogP contribution in [0.3, 0.4) is 0 Å². The molecule has 0 atom stereocenters. The number of benzene rings is 1. The lowest BCUT2D eigenvalue weighted by Gasteiger charge is -2.09. The molecule has 1 heterocycles. The Hall–Kier alpha value is -2.58. The molecule has 2 amide bonds. The van der Waals surface area contributed by atoms with E-state index in [0.717, 1.165) is 11.3 Å². The van der Waals surface area contributed by atoms with Crippen molar-refractivity contribution in [2.75, 3.05) is 18.5 Å². The molecule has 0 saturated heterocycles. The van der Waals surface area contributed by atoms with Gasteiger partial charge >= 0.3 is 5.97 Å². The molecule has 0 fully saturated rings. The fraction of sp³-hybridized carbons (Fsp3) is 0.235. The number of hydrogen-bond donors (Lipinski definition) is 2. The van der Waals surface area contributed by atoms with Gasteiger partial charge in [0, 0.05) is 0 Å². The zero-order chi connectivity index (χ0) is 19.3. The van der Waals surface area contributed by atoms with Gasteiger partial charge in [-0.2, -0.15) is 0 Å². The fourth-order valence-corrected chi connectivity index (χ4v) is 3.41. The summed E-state index contributed by atoms with van der Waals surface area (Å²) in [6.45, 7) is 3.06. The minimum absolute atomic E-state index is 0.108. The van der Waals surface area contributed by atoms with Crippen LogP contribution in [0.15, 0.2) is 24.3 Å². The normalized spacial score (nSPS) is 10.3. The number of carbonyl (C=O) groups is 3. The molecule has 2 aromatic rings. The van der Waals surface area contributed by atoms with Gasteiger partial charge in [0.05, 0.1) is 22.1 Å². The first-order chi connectivity index (χ1) is 12.3. The van der Waals surface area contributed by atoms with E-state index in [4.69, 9.17) is 26.8 Å². The Bertz CT molecular complexity index is 850. The number of halogens is 1. The van der Waals surface area contributed by atoms with Gasteiger partial charge in [-0.05, 0) is 31.5 Å². The van der Waals surface area contributed by atoms with Crippen LogP contribution in [-0.4, -0.2) is 31.0 Å². The molecule has 1 aromatic carbocycles. The maximum Gasteiger partial charge on any atom is 0.341 e. The standard InChI is InChI=1S/C17H17ClN2O5S/c1-3-24-17(23)13-9(2)14(15(19)22)26-16(13)20-12(21)8-25-11-7-5-4-6-10(11)18/h4-7H,3,8H2,1-2H3,(H2,19,22)(H,20,21). The van der Waals surface area contributed by atoms with Crippen molar-refractivity contribution in [3.8, 4) is 5.75 Å². The summed E-state index contributed by atoms with van der Waals surface area (Å²) < 4.78 is 10.3. The van der Waals surface area contributed by atoms with Crippen molar-refractivity contribution in [2.45, 2.75) is 13.8 Å². The summed E-state index contributed by atoms with van der Waals surface area (Å²) in [7, 11) is 0. The Morgan fingerprint density at radius 2 is 1.96 bits per heavy atom. The van der Waals surface area contributed by atoms with E-state index in [1.54, 1.807) is 38.1 Å². The van der Waals surface area contributed by atoms with Gasteiger partial charge in [-0.1, -0.05) is 23.7 Å². The number of thiophene rings is 1. The average molecular weight is 397 g/mol. The van der Waals surface area contributed by atoms with Gasteiger partial charge in [0.2, 0.25) is 0 Å². The average Bonchev–Trinajstić information content (AvgIpc) is 2.90. The summed E-state index contributed by atoms with van der Waals surface area (Å²) in [6.07, 6.45) is 0. The highest BCUT2D eigenvalue weighted by atomic mass is 35.5. The molecule has 2 rings (SSSR count). The quantitative estimate of drug-likeness (QED) is 0.699. The van der Waals surface area contributed by atoms with E-state index < -0.39 is 17.8 Å². The van der Waals surface area contributed by atoms with Crippen molar-refractivity contribution in [1.29, 1.82) is 0 Å². The van der Waals surface area contributed by atoms with Crippen LogP contribution in [0.2, 0.25) is 5.02 Å². The lowest BCUT2D eigenvalue weighted by atomic mass is 10.1. The number of rotatable bonds is 7. The summed E-state index contributed by atoms with van der Waals surface area (Å²) >= 11 is 6.87. The van der Waals surface area contributed by atoms with Gasteiger partial charge < -0.3 is 20.5 Å². The summed E-state index contributed by atoms with van der Waals surface area (Å²) in [5.74, 6) is -1.50. The minimum Gasteiger partial charge on any atom is -0.482 e. The second kappa shape index (κ2) is 8.68. The van der Waals surface area contributed by atoms with Crippen LogP contribution < -0.4 is 15.8 Å². The van der Waals surface area contributed by atoms with E-state index in [0.29, 0.717) is 16.3 Å². The topological polar surface area (TPSA) is 108 Å². The first kappa shape index (κ1) is 19.7. The summed E-state index contributed by atoms with van der Waals surface area (Å²) in [5.41, 5.74) is 5.79. The van der Waals surface area contributed by atoms with Crippen LogP contribution in [0.1, 0.15) is 32.5 Å². The maximum atomic E-state index is 12.2. The van der Waals surface area contributed by atoms with E-state index in [9.17, 15) is 14.4 Å². The third kappa shape index (κ3) is 4.53. The van der Waals surface area contributed by atoms with Crippen LogP contribution in [0, 0.1) is 6.92 Å². The third-order valence-corrected chi connectivity index (χ3v) is 4.83. The molecular formula is C17H17ClN2O5S. The molecular weight excluding hydrogens is 380 g/mol. The molecule has 0 bridgehead atoms. The Labute approximate surface area is 159 Å². The summed E-state index contributed by atoms with van der Waals surface area (Å²) in [5, 5.41) is 3.11. The summed E-state index contributed by atoms with van der Waals surface area (Å²) in [6, 6.07) is 6.72. The Morgan fingerprint density at radius 3 is 2.58 bits per heavy atom. The van der Waals surface area contributed by atoms with Gasteiger partial charge in [-0.15, -0.1) is 11.3 Å². The predicted octanol–water partition coefficient (Wildman–Crippen LogP) is 3.00. The molecule has 9 heteroatoms. The zero-order valence-electron chi connectivity index (χ0n) is 14.1. The Morgan fingerprint density at radius 1 is 1.27 bits per heavy atom. The number of amides is 2. The van der Waals surface area contributed by atoms with Crippen molar-refractivity contribution < 1.29 is 23.9 Å². The summed E-state index contributed by atoms with van der Waals surface area (Å²) in [4.78, 5) is 36.0. The van der Waals surface area contributed by atoms with E-state index in [1.807, 2.05) is 0 Å². The molecule has 0 saturated carbocycles. The van der Waals surface area contributed by atoms with Crippen molar-refractivity contribution in [3.05, 3.63) is 45.3 Å². The molecule has 0 aliphatic rings. The number of ether oxygens (including phenoxy) is 2. The number of esters is 1. The van der Waals surface area contributed by atoms with E-state index >= 15 is 0 Å². The Balaban J connectivity index is 2.18. The first-order valence-corrected chi connectivity index (χ1v) is 8.82. The lowest BCUT2D eigenvalue weighted by Crippen LogP contribution is -2.21. The van der Waals surface area contributed by atoms with Crippen LogP contribution >= 0.6 is 22.9 Å². The van der Waals surface area contributed by atoms with Crippen molar-refractivity contribution in [1.82, 2.24) is 0 Å². The number of anilines is 1. The monoisotopic (exact) mass is 396 g/mol. The minimum atomic E-state index is -0.689. The van der Waals surface area contributed by atoms with Gasteiger partial charge in [-0.25, -0.2) is 4.79 Å². The molecule has 0 aliphatic carbocycles. The molecule has 7 nitrogen and oxygen atoms in total. The number of carbonyl (C=O) groups excluding carboxylic acids is 3. The third-order valence-electron chi connectivity index (χ3n) is 3.30. The predicted molar refractivity (Wildman–Crippen MR) is 99.1 cm³/mol. The SMILES string of the molecule is CCOC(=O)c1c(NC(=O)COc2ccccc2Cl)sc(C(N)=O)c1C. The van der Waals surface area contributed by atoms with Gasteiger partial charge in [0.15, 0.2) is 6.61 Å². The van der Waals surface area contributed by atoms with Crippen molar-refractivity contribution in [2.24, 2.45) is 5.73 Å². The van der Waals surface area contributed by atoms with Crippen LogP contribution in [0.4, 0.5) is 5.00 Å². The number of nitrogens with one attached hydrogen (secondary N) is 1. The van der Waals surface area contributed by atoms with E-state index in [1.165, 1.54) is 0 Å². The number of primary amides is 1. The number of nitrogens with two attached hydrogens (primary N) is 1.